The van der Waals surface area contributed by atoms with Crippen molar-refractivity contribution in [1.29, 1.82) is 0 Å². The van der Waals surface area contributed by atoms with Gasteiger partial charge in [0.2, 0.25) is 0 Å². The Morgan fingerprint density at radius 1 is 1.11 bits per heavy atom. The van der Waals surface area contributed by atoms with E-state index in [-0.39, 0.29) is 0 Å². The van der Waals surface area contributed by atoms with E-state index in [0.29, 0.717) is 0 Å². The minimum Gasteiger partial charge on any atom is -0.314 e. The van der Waals surface area contributed by atoms with Gasteiger partial charge in [-0.2, -0.15) is 0 Å². The van der Waals surface area contributed by atoms with Gasteiger partial charge < -0.3 is 10.2 Å². The summed E-state index contributed by atoms with van der Waals surface area (Å²) < 4.78 is 0. The third-order valence-electron chi connectivity index (χ3n) is 4.02. The van der Waals surface area contributed by atoms with Gasteiger partial charge in [0.05, 0.1) is 0 Å². The van der Waals surface area contributed by atoms with E-state index in [4.69, 9.17) is 0 Å². The smallest absolute Gasteiger partial charge is 0.00720 e. The number of rotatable bonds is 8. The van der Waals surface area contributed by atoms with Crippen LogP contribution in [0, 0.1) is 17.8 Å². The minimum absolute atomic E-state index is 0.723. The van der Waals surface area contributed by atoms with E-state index in [9.17, 15) is 0 Å². The van der Waals surface area contributed by atoms with E-state index in [2.05, 4.69) is 44.8 Å². The van der Waals surface area contributed by atoms with Crippen molar-refractivity contribution in [3.8, 4) is 0 Å². The molecule has 0 aromatic heterocycles. The SMILES string of the molecule is CCN1CCC(CNC(CC(C)C)CC(C)C)C1. The van der Waals surface area contributed by atoms with Crippen molar-refractivity contribution in [3.05, 3.63) is 0 Å². The Kier molecular flexibility index (Phi) is 7.25. The van der Waals surface area contributed by atoms with Crippen LogP contribution >= 0.6 is 0 Å². The summed E-state index contributed by atoms with van der Waals surface area (Å²) in [5.74, 6) is 2.49. The molecule has 108 valence electrons. The van der Waals surface area contributed by atoms with E-state index in [1.54, 1.807) is 0 Å². The van der Waals surface area contributed by atoms with E-state index in [1.807, 2.05) is 0 Å². The van der Waals surface area contributed by atoms with Crippen LogP contribution in [0.4, 0.5) is 0 Å². The second-order valence-corrected chi connectivity index (χ2v) is 6.91. The molecule has 1 aliphatic heterocycles. The number of nitrogens with zero attached hydrogens (tertiary/aromatic N) is 1. The van der Waals surface area contributed by atoms with Crippen molar-refractivity contribution in [3.63, 3.8) is 0 Å². The molecule has 0 aromatic rings. The Bertz CT molecular complexity index is 203. The monoisotopic (exact) mass is 254 g/mol. The molecule has 1 unspecified atom stereocenters. The molecule has 1 saturated heterocycles. The Hall–Kier alpha value is -0.0800. The van der Waals surface area contributed by atoms with Crippen LogP contribution < -0.4 is 5.32 Å². The maximum Gasteiger partial charge on any atom is 0.00720 e. The maximum absolute atomic E-state index is 3.84. The summed E-state index contributed by atoms with van der Waals surface area (Å²) in [6.07, 6.45) is 4.03. The summed E-state index contributed by atoms with van der Waals surface area (Å²) in [5.41, 5.74) is 0. The summed E-state index contributed by atoms with van der Waals surface area (Å²) in [7, 11) is 0. The topological polar surface area (TPSA) is 15.3 Å². The predicted molar refractivity (Wildman–Crippen MR) is 80.9 cm³/mol. The van der Waals surface area contributed by atoms with Crippen LogP contribution in [-0.4, -0.2) is 37.1 Å². The first-order valence-corrected chi connectivity index (χ1v) is 7.97. The third kappa shape index (κ3) is 6.19. The van der Waals surface area contributed by atoms with Crippen LogP contribution in [0.1, 0.15) is 53.9 Å². The van der Waals surface area contributed by atoms with Crippen LogP contribution in [-0.2, 0) is 0 Å². The van der Waals surface area contributed by atoms with Crippen LogP contribution in [0.25, 0.3) is 0 Å². The minimum atomic E-state index is 0.723. The molecule has 2 heteroatoms. The molecule has 0 radical (unpaired) electrons. The average molecular weight is 254 g/mol. The van der Waals surface area contributed by atoms with Gasteiger partial charge in [-0.3, -0.25) is 0 Å². The molecule has 1 aliphatic rings. The summed E-state index contributed by atoms with van der Waals surface area (Å²) in [5, 5.41) is 3.84. The van der Waals surface area contributed by atoms with Gasteiger partial charge in [-0.1, -0.05) is 34.6 Å². The summed E-state index contributed by atoms with van der Waals surface area (Å²) in [6, 6.07) is 0.723. The lowest BCUT2D eigenvalue weighted by Crippen LogP contribution is -2.36. The molecule has 1 heterocycles. The lowest BCUT2D eigenvalue weighted by Gasteiger charge is -2.24. The van der Waals surface area contributed by atoms with Crippen molar-refractivity contribution in [2.24, 2.45) is 17.8 Å². The predicted octanol–water partition coefficient (Wildman–Crippen LogP) is 3.38. The fraction of sp³-hybridized carbons (Fsp3) is 1.00. The zero-order valence-electron chi connectivity index (χ0n) is 13.2. The van der Waals surface area contributed by atoms with Gasteiger partial charge in [-0.05, 0) is 56.7 Å². The van der Waals surface area contributed by atoms with Crippen LogP contribution in [0.15, 0.2) is 0 Å². The van der Waals surface area contributed by atoms with Gasteiger partial charge in [0.1, 0.15) is 0 Å². The molecule has 2 nitrogen and oxygen atoms in total. The quantitative estimate of drug-likeness (QED) is 0.714. The molecule has 1 fully saturated rings. The van der Waals surface area contributed by atoms with Gasteiger partial charge in [0, 0.05) is 12.6 Å². The highest BCUT2D eigenvalue weighted by atomic mass is 15.1. The number of likely N-dealkylation sites (tertiary alicyclic amines) is 1. The average Bonchev–Trinajstić information content (AvgIpc) is 2.72. The maximum atomic E-state index is 3.84. The van der Waals surface area contributed by atoms with Gasteiger partial charge >= 0.3 is 0 Å². The van der Waals surface area contributed by atoms with Crippen LogP contribution in [0.5, 0.6) is 0 Å². The Morgan fingerprint density at radius 3 is 2.17 bits per heavy atom. The number of nitrogens with one attached hydrogen (secondary N) is 1. The highest BCUT2D eigenvalue weighted by molar-refractivity contribution is 4.79. The van der Waals surface area contributed by atoms with Crippen molar-refractivity contribution in [2.45, 2.75) is 59.9 Å². The second kappa shape index (κ2) is 8.16. The summed E-state index contributed by atoms with van der Waals surface area (Å²) in [4.78, 5) is 2.58. The summed E-state index contributed by atoms with van der Waals surface area (Å²) in [6.45, 7) is 16.7. The lowest BCUT2D eigenvalue weighted by atomic mass is 9.95. The lowest BCUT2D eigenvalue weighted by molar-refractivity contribution is 0.315. The van der Waals surface area contributed by atoms with Gasteiger partial charge in [0.25, 0.3) is 0 Å². The van der Waals surface area contributed by atoms with E-state index in [0.717, 1.165) is 23.8 Å². The van der Waals surface area contributed by atoms with E-state index < -0.39 is 0 Å². The van der Waals surface area contributed by atoms with Crippen molar-refractivity contribution in [1.82, 2.24) is 10.2 Å². The number of hydrogen-bond acceptors (Lipinski definition) is 2. The largest absolute Gasteiger partial charge is 0.314 e. The third-order valence-corrected chi connectivity index (χ3v) is 4.02. The van der Waals surface area contributed by atoms with Gasteiger partial charge in [-0.25, -0.2) is 0 Å². The number of hydrogen-bond donors (Lipinski definition) is 1. The van der Waals surface area contributed by atoms with Crippen molar-refractivity contribution >= 4 is 0 Å². The molecule has 0 aliphatic carbocycles. The molecule has 0 aromatic carbocycles. The highest BCUT2D eigenvalue weighted by Gasteiger charge is 2.22. The van der Waals surface area contributed by atoms with Gasteiger partial charge in [-0.15, -0.1) is 0 Å². The molecule has 18 heavy (non-hydrogen) atoms. The molecule has 0 spiro atoms. The molecule has 0 bridgehead atoms. The first kappa shape index (κ1) is 16.0. The first-order valence-electron chi connectivity index (χ1n) is 7.97. The molecular weight excluding hydrogens is 220 g/mol. The zero-order chi connectivity index (χ0) is 13.5. The van der Waals surface area contributed by atoms with Gasteiger partial charge in [0.15, 0.2) is 0 Å². The van der Waals surface area contributed by atoms with Crippen LogP contribution in [0.2, 0.25) is 0 Å². The molecule has 0 amide bonds. The molecular formula is C16H34N2. The van der Waals surface area contributed by atoms with Crippen molar-refractivity contribution < 1.29 is 0 Å². The fourth-order valence-corrected chi connectivity index (χ4v) is 3.10. The molecule has 1 rings (SSSR count). The Morgan fingerprint density at radius 2 is 1.72 bits per heavy atom. The van der Waals surface area contributed by atoms with E-state index in [1.165, 1.54) is 45.4 Å². The second-order valence-electron chi connectivity index (χ2n) is 6.91. The molecule has 1 N–H and O–H groups in total. The normalized spacial score (nSPS) is 21.7. The molecule has 1 atom stereocenters. The Labute approximate surface area is 115 Å². The zero-order valence-corrected chi connectivity index (χ0v) is 13.2. The fourth-order valence-electron chi connectivity index (χ4n) is 3.10. The van der Waals surface area contributed by atoms with Crippen molar-refractivity contribution in [2.75, 3.05) is 26.2 Å². The van der Waals surface area contributed by atoms with Crippen LogP contribution in [0.3, 0.4) is 0 Å². The summed E-state index contributed by atoms with van der Waals surface area (Å²) >= 11 is 0. The van der Waals surface area contributed by atoms with E-state index >= 15 is 0 Å². The molecule has 0 saturated carbocycles. The Balaban J connectivity index is 2.28. The highest BCUT2D eigenvalue weighted by Crippen LogP contribution is 2.17. The standard InChI is InChI=1S/C16H34N2/c1-6-18-8-7-15(12-18)11-17-16(9-13(2)3)10-14(4)5/h13-17H,6-12H2,1-5H3. The first-order chi connectivity index (χ1) is 8.51.